The third kappa shape index (κ3) is 3.58. The lowest BCUT2D eigenvalue weighted by Gasteiger charge is -2.32. The molecule has 1 aliphatic rings. The lowest BCUT2D eigenvalue weighted by Crippen LogP contribution is -2.39. The molecule has 3 aromatic rings. The molecule has 1 amide bonds. The van der Waals surface area contributed by atoms with Gasteiger partial charge in [-0.2, -0.15) is 0 Å². The van der Waals surface area contributed by atoms with Crippen LogP contribution in [0.4, 0.5) is 0 Å². The van der Waals surface area contributed by atoms with Gasteiger partial charge in [-0.1, -0.05) is 13.0 Å². The van der Waals surface area contributed by atoms with E-state index in [9.17, 15) is 4.79 Å². The third-order valence-electron chi connectivity index (χ3n) is 4.95. The van der Waals surface area contributed by atoms with E-state index >= 15 is 0 Å². The van der Waals surface area contributed by atoms with Crippen LogP contribution in [-0.2, 0) is 6.42 Å². The summed E-state index contributed by atoms with van der Waals surface area (Å²) in [5, 5.41) is 0. The lowest BCUT2D eigenvalue weighted by molar-refractivity contribution is 0.0699. The van der Waals surface area contributed by atoms with Crippen molar-refractivity contribution in [3.05, 3.63) is 66.4 Å². The molecular formula is C20H22N6O. The van der Waals surface area contributed by atoms with Crippen molar-refractivity contribution in [3.8, 4) is 5.82 Å². The van der Waals surface area contributed by atoms with Gasteiger partial charge in [0.25, 0.3) is 5.91 Å². The molecule has 1 aliphatic heterocycles. The summed E-state index contributed by atoms with van der Waals surface area (Å²) >= 11 is 0. The van der Waals surface area contributed by atoms with Gasteiger partial charge in [-0.25, -0.2) is 15.0 Å². The molecule has 3 aromatic heterocycles. The SMILES string of the molecule is CCc1nccn1-c1cccc([C@H]2CCCN(C(=O)c3cnccn3)C2)n1. The summed E-state index contributed by atoms with van der Waals surface area (Å²) in [6.07, 6.45) is 11.2. The number of hydrogen-bond acceptors (Lipinski definition) is 5. The van der Waals surface area contributed by atoms with Crippen LogP contribution in [0.5, 0.6) is 0 Å². The highest BCUT2D eigenvalue weighted by atomic mass is 16.2. The molecule has 0 bridgehead atoms. The molecule has 0 N–H and O–H groups in total. The topological polar surface area (TPSA) is 76.8 Å². The molecule has 0 aliphatic carbocycles. The maximum atomic E-state index is 12.7. The van der Waals surface area contributed by atoms with Crippen molar-refractivity contribution in [1.29, 1.82) is 0 Å². The molecule has 0 saturated carbocycles. The standard InChI is InChI=1S/C20H22N6O/c1-2-18-23-10-12-26(18)19-7-3-6-16(24-19)15-5-4-11-25(14-15)20(27)17-13-21-8-9-22-17/h3,6-10,12-13,15H,2,4-5,11,14H2,1H3/t15-/m0/s1. The molecule has 1 saturated heterocycles. The van der Waals surface area contributed by atoms with E-state index in [1.165, 1.54) is 6.20 Å². The lowest BCUT2D eigenvalue weighted by atomic mass is 9.94. The molecule has 0 radical (unpaired) electrons. The summed E-state index contributed by atoms with van der Waals surface area (Å²) in [5.41, 5.74) is 1.41. The summed E-state index contributed by atoms with van der Waals surface area (Å²) in [6.45, 7) is 3.48. The highest BCUT2D eigenvalue weighted by Crippen LogP contribution is 2.27. The van der Waals surface area contributed by atoms with E-state index < -0.39 is 0 Å². The number of aromatic nitrogens is 5. The largest absolute Gasteiger partial charge is 0.337 e. The van der Waals surface area contributed by atoms with E-state index in [0.29, 0.717) is 12.2 Å². The summed E-state index contributed by atoms with van der Waals surface area (Å²) in [7, 11) is 0. The Morgan fingerprint density at radius 3 is 2.96 bits per heavy atom. The second-order valence-corrected chi connectivity index (χ2v) is 6.67. The number of nitrogens with zero attached hydrogens (tertiary/aromatic N) is 6. The highest BCUT2D eigenvalue weighted by molar-refractivity contribution is 5.92. The Balaban J connectivity index is 1.55. The average molecular weight is 362 g/mol. The van der Waals surface area contributed by atoms with Crippen molar-refractivity contribution in [2.45, 2.75) is 32.1 Å². The summed E-state index contributed by atoms with van der Waals surface area (Å²) in [5.74, 6) is 2.02. The van der Waals surface area contributed by atoms with Crippen LogP contribution >= 0.6 is 0 Å². The zero-order valence-electron chi connectivity index (χ0n) is 15.3. The summed E-state index contributed by atoms with van der Waals surface area (Å²) in [4.78, 5) is 32.0. The van der Waals surface area contributed by atoms with Crippen molar-refractivity contribution in [2.75, 3.05) is 13.1 Å². The van der Waals surface area contributed by atoms with Gasteiger partial charge in [0.05, 0.1) is 6.20 Å². The van der Waals surface area contributed by atoms with Gasteiger partial charge in [-0.3, -0.25) is 14.3 Å². The van der Waals surface area contributed by atoms with Crippen molar-refractivity contribution >= 4 is 5.91 Å². The first-order chi connectivity index (χ1) is 13.3. The fourth-order valence-corrected chi connectivity index (χ4v) is 3.58. The van der Waals surface area contributed by atoms with Gasteiger partial charge < -0.3 is 4.90 Å². The minimum atomic E-state index is -0.0631. The predicted octanol–water partition coefficient (Wildman–Crippen LogP) is 2.64. The minimum Gasteiger partial charge on any atom is -0.337 e. The molecule has 0 spiro atoms. The van der Waals surface area contributed by atoms with Crippen LogP contribution in [0.2, 0.25) is 0 Å². The Bertz CT molecular complexity index is 923. The van der Waals surface area contributed by atoms with Gasteiger partial charge in [-0.15, -0.1) is 0 Å². The molecule has 7 heteroatoms. The fraction of sp³-hybridized carbons (Fsp3) is 0.350. The normalized spacial score (nSPS) is 17.1. The molecule has 7 nitrogen and oxygen atoms in total. The van der Waals surface area contributed by atoms with Gasteiger partial charge in [0, 0.05) is 55.9 Å². The Morgan fingerprint density at radius 1 is 1.22 bits per heavy atom. The van der Waals surface area contributed by atoms with Crippen LogP contribution in [0.25, 0.3) is 5.82 Å². The monoisotopic (exact) mass is 362 g/mol. The Labute approximate surface area is 158 Å². The van der Waals surface area contributed by atoms with Crippen molar-refractivity contribution in [2.24, 2.45) is 0 Å². The van der Waals surface area contributed by atoms with Gasteiger partial charge >= 0.3 is 0 Å². The Morgan fingerprint density at radius 2 is 2.15 bits per heavy atom. The molecule has 0 aromatic carbocycles. The fourth-order valence-electron chi connectivity index (χ4n) is 3.58. The van der Waals surface area contributed by atoms with Crippen LogP contribution in [0.15, 0.2) is 49.2 Å². The van der Waals surface area contributed by atoms with Crippen LogP contribution in [0.3, 0.4) is 0 Å². The number of carbonyl (C=O) groups excluding carboxylic acids is 1. The smallest absolute Gasteiger partial charge is 0.274 e. The zero-order valence-corrected chi connectivity index (χ0v) is 15.3. The van der Waals surface area contributed by atoms with Crippen LogP contribution in [0.1, 0.15) is 47.7 Å². The Kier molecular flexibility index (Phi) is 4.91. The van der Waals surface area contributed by atoms with Crippen LogP contribution < -0.4 is 0 Å². The molecular weight excluding hydrogens is 340 g/mol. The van der Waals surface area contributed by atoms with Crippen molar-refractivity contribution < 1.29 is 4.79 Å². The van der Waals surface area contributed by atoms with Gasteiger partial charge in [0.15, 0.2) is 0 Å². The second-order valence-electron chi connectivity index (χ2n) is 6.67. The van der Waals surface area contributed by atoms with Gasteiger partial charge in [0.1, 0.15) is 17.3 Å². The molecule has 0 unspecified atom stereocenters. The van der Waals surface area contributed by atoms with Crippen molar-refractivity contribution in [3.63, 3.8) is 0 Å². The van der Waals surface area contributed by atoms with E-state index in [1.54, 1.807) is 18.6 Å². The van der Waals surface area contributed by atoms with E-state index in [1.807, 2.05) is 33.9 Å². The number of piperidine rings is 1. The maximum Gasteiger partial charge on any atom is 0.274 e. The number of rotatable bonds is 4. The quantitative estimate of drug-likeness (QED) is 0.713. The summed E-state index contributed by atoms with van der Waals surface area (Å²) in [6, 6.07) is 6.07. The van der Waals surface area contributed by atoms with Crippen molar-refractivity contribution in [1.82, 2.24) is 29.4 Å². The number of carbonyl (C=O) groups is 1. The zero-order chi connectivity index (χ0) is 18.6. The average Bonchev–Trinajstić information content (AvgIpc) is 3.23. The van der Waals surface area contributed by atoms with Gasteiger partial charge in [0.2, 0.25) is 0 Å². The predicted molar refractivity (Wildman–Crippen MR) is 101 cm³/mol. The van der Waals surface area contributed by atoms with E-state index in [2.05, 4.69) is 21.9 Å². The van der Waals surface area contributed by atoms with Crippen LogP contribution in [0, 0.1) is 0 Å². The number of aryl methyl sites for hydroxylation is 1. The first kappa shape index (κ1) is 17.3. The maximum absolute atomic E-state index is 12.7. The second kappa shape index (κ2) is 7.65. The molecule has 1 fully saturated rings. The molecule has 4 heterocycles. The van der Waals surface area contributed by atoms with E-state index in [-0.39, 0.29) is 11.8 Å². The minimum absolute atomic E-state index is 0.0631. The molecule has 138 valence electrons. The van der Waals surface area contributed by atoms with Crippen LogP contribution in [-0.4, -0.2) is 48.4 Å². The number of pyridine rings is 1. The number of hydrogen-bond donors (Lipinski definition) is 0. The first-order valence-electron chi connectivity index (χ1n) is 9.31. The Hall–Kier alpha value is -3.09. The third-order valence-corrected chi connectivity index (χ3v) is 4.95. The molecule has 4 rings (SSSR count). The number of likely N-dealkylation sites (tertiary alicyclic amines) is 1. The van der Waals surface area contributed by atoms with E-state index in [4.69, 9.17) is 4.98 Å². The number of amides is 1. The first-order valence-corrected chi connectivity index (χ1v) is 9.31. The molecule has 27 heavy (non-hydrogen) atoms. The highest BCUT2D eigenvalue weighted by Gasteiger charge is 2.27. The van der Waals surface area contributed by atoms with Gasteiger partial charge in [-0.05, 0) is 25.0 Å². The number of imidazole rings is 1. The van der Waals surface area contributed by atoms with E-state index in [0.717, 1.165) is 43.1 Å². The summed E-state index contributed by atoms with van der Waals surface area (Å²) < 4.78 is 2.02. The molecule has 1 atom stereocenters.